The number of fused-ring (bicyclic) bond motifs is 1. The largest absolute Gasteiger partial charge is 0.508 e. The minimum atomic E-state index is -0.313. The van der Waals surface area contributed by atoms with Crippen molar-refractivity contribution >= 4 is 16.9 Å². The van der Waals surface area contributed by atoms with Crippen molar-refractivity contribution in [2.24, 2.45) is 0 Å². The first-order valence-electron chi connectivity index (χ1n) is 7.18. The molecule has 3 rings (SSSR count). The predicted octanol–water partition coefficient (Wildman–Crippen LogP) is 3.82. The van der Waals surface area contributed by atoms with E-state index >= 15 is 0 Å². The predicted molar refractivity (Wildman–Crippen MR) is 85.6 cm³/mol. The molecular weight excluding hydrogens is 278 g/mol. The maximum atomic E-state index is 11.7. The van der Waals surface area contributed by atoms with Crippen molar-refractivity contribution in [1.29, 1.82) is 0 Å². The van der Waals surface area contributed by atoms with Crippen molar-refractivity contribution in [3.8, 4) is 11.4 Å². The first-order chi connectivity index (χ1) is 10.6. The highest BCUT2D eigenvalue weighted by Gasteiger charge is 2.09. The number of carbonyl (C=O) groups is 1. The van der Waals surface area contributed by atoms with Gasteiger partial charge in [0.25, 0.3) is 0 Å². The lowest BCUT2D eigenvalue weighted by molar-refractivity contribution is 0.0526. The Morgan fingerprint density at radius 2 is 1.91 bits per heavy atom. The average molecular weight is 295 g/mol. The van der Waals surface area contributed by atoms with Gasteiger partial charge in [-0.2, -0.15) is 0 Å². The van der Waals surface area contributed by atoms with Gasteiger partial charge >= 0.3 is 5.97 Å². The summed E-state index contributed by atoms with van der Waals surface area (Å²) in [6, 6.07) is 12.9. The average Bonchev–Trinajstić information content (AvgIpc) is 2.91. The molecule has 0 aliphatic rings. The quantitative estimate of drug-likeness (QED) is 0.747. The summed E-state index contributed by atoms with van der Waals surface area (Å²) in [6.07, 6.45) is 1.95. The lowest BCUT2D eigenvalue weighted by atomic mass is 10.1. The second-order valence-electron chi connectivity index (χ2n) is 5.15. The van der Waals surface area contributed by atoms with Crippen LogP contribution in [-0.4, -0.2) is 22.2 Å². The van der Waals surface area contributed by atoms with Crippen molar-refractivity contribution < 1.29 is 14.6 Å². The van der Waals surface area contributed by atoms with E-state index in [1.54, 1.807) is 25.1 Å². The lowest BCUT2D eigenvalue weighted by Gasteiger charge is -2.08. The Morgan fingerprint density at radius 3 is 2.59 bits per heavy atom. The zero-order valence-electron chi connectivity index (χ0n) is 12.5. The van der Waals surface area contributed by atoms with Crippen LogP contribution in [0.15, 0.2) is 48.7 Å². The third-order valence-corrected chi connectivity index (χ3v) is 3.66. The molecule has 4 heteroatoms. The summed E-state index contributed by atoms with van der Waals surface area (Å²) in [5, 5.41) is 10.8. The Morgan fingerprint density at radius 1 is 1.18 bits per heavy atom. The van der Waals surface area contributed by atoms with Crippen LogP contribution in [0, 0.1) is 6.92 Å². The second kappa shape index (κ2) is 5.56. The van der Waals surface area contributed by atoms with E-state index < -0.39 is 0 Å². The number of benzene rings is 2. The monoisotopic (exact) mass is 295 g/mol. The van der Waals surface area contributed by atoms with Crippen LogP contribution in [0.25, 0.3) is 16.6 Å². The Balaban J connectivity index is 2.01. The van der Waals surface area contributed by atoms with Gasteiger partial charge < -0.3 is 14.4 Å². The van der Waals surface area contributed by atoms with E-state index in [9.17, 15) is 9.90 Å². The number of aromatic nitrogens is 1. The molecule has 0 fully saturated rings. The highest BCUT2D eigenvalue weighted by Crippen LogP contribution is 2.27. The third kappa shape index (κ3) is 2.44. The molecule has 0 saturated carbocycles. The van der Waals surface area contributed by atoms with Crippen LogP contribution >= 0.6 is 0 Å². The number of phenols is 1. The maximum absolute atomic E-state index is 11.7. The van der Waals surface area contributed by atoms with Gasteiger partial charge in [0, 0.05) is 17.3 Å². The molecular formula is C18H17NO3. The van der Waals surface area contributed by atoms with Gasteiger partial charge in [-0.05, 0) is 61.9 Å². The Kier molecular flexibility index (Phi) is 3.59. The molecule has 0 atom stereocenters. The number of hydrogen-bond donors (Lipinski definition) is 1. The number of carbonyl (C=O) groups excluding carboxylic acids is 1. The van der Waals surface area contributed by atoms with E-state index in [4.69, 9.17) is 4.74 Å². The van der Waals surface area contributed by atoms with Gasteiger partial charge in [0.05, 0.1) is 17.7 Å². The second-order valence-corrected chi connectivity index (χ2v) is 5.15. The Hall–Kier alpha value is -2.75. The first kappa shape index (κ1) is 14.2. The van der Waals surface area contributed by atoms with Crippen LogP contribution in [0.5, 0.6) is 5.75 Å². The highest BCUT2D eigenvalue weighted by atomic mass is 16.5. The molecule has 3 aromatic rings. The maximum Gasteiger partial charge on any atom is 0.338 e. The fourth-order valence-electron chi connectivity index (χ4n) is 2.47. The van der Waals surface area contributed by atoms with Crippen LogP contribution in [0.1, 0.15) is 22.8 Å². The van der Waals surface area contributed by atoms with Gasteiger partial charge in [-0.15, -0.1) is 0 Å². The summed E-state index contributed by atoms with van der Waals surface area (Å²) in [4.78, 5) is 11.7. The summed E-state index contributed by atoms with van der Waals surface area (Å²) in [6.45, 7) is 4.03. The number of rotatable bonds is 3. The minimum Gasteiger partial charge on any atom is -0.508 e. The summed E-state index contributed by atoms with van der Waals surface area (Å²) in [5.41, 5.74) is 3.33. The number of ether oxygens (including phenoxy) is 1. The van der Waals surface area contributed by atoms with Crippen LogP contribution in [0.2, 0.25) is 0 Å². The molecule has 1 aromatic heterocycles. The molecule has 1 heterocycles. The van der Waals surface area contributed by atoms with Gasteiger partial charge in [0.2, 0.25) is 0 Å². The molecule has 2 aromatic carbocycles. The molecule has 22 heavy (non-hydrogen) atoms. The van der Waals surface area contributed by atoms with Crippen LogP contribution in [0.3, 0.4) is 0 Å². The van der Waals surface area contributed by atoms with E-state index in [0.717, 1.165) is 22.2 Å². The van der Waals surface area contributed by atoms with Crippen LogP contribution in [-0.2, 0) is 4.74 Å². The van der Waals surface area contributed by atoms with E-state index in [2.05, 4.69) is 0 Å². The molecule has 112 valence electrons. The summed E-state index contributed by atoms with van der Waals surface area (Å²) < 4.78 is 7.01. The summed E-state index contributed by atoms with van der Waals surface area (Å²) >= 11 is 0. The Labute approximate surface area is 128 Å². The topological polar surface area (TPSA) is 51.5 Å². The molecule has 0 aliphatic carbocycles. The van der Waals surface area contributed by atoms with E-state index in [1.807, 2.05) is 42.0 Å². The fraction of sp³-hybridized carbons (Fsp3) is 0.167. The summed E-state index contributed by atoms with van der Waals surface area (Å²) in [7, 11) is 0. The molecule has 0 spiro atoms. The van der Waals surface area contributed by atoms with Gasteiger partial charge in [-0.1, -0.05) is 0 Å². The van der Waals surface area contributed by atoms with Gasteiger partial charge in [-0.25, -0.2) is 4.79 Å². The number of aryl methyl sites for hydroxylation is 1. The van der Waals surface area contributed by atoms with Crippen molar-refractivity contribution in [2.45, 2.75) is 13.8 Å². The molecule has 0 unspecified atom stereocenters. The fourth-order valence-corrected chi connectivity index (χ4v) is 2.47. The number of aromatic hydroxyl groups is 1. The van der Waals surface area contributed by atoms with Crippen LogP contribution < -0.4 is 0 Å². The van der Waals surface area contributed by atoms with Crippen molar-refractivity contribution in [3.63, 3.8) is 0 Å². The van der Waals surface area contributed by atoms with Gasteiger partial charge in [-0.3, -0.25) is 0 Å². The highest BCUT2D eigenvalue weighted by molar-refractivity contribution is 5.90. The van der Waals surface area contributed by atoms with Crippen LogP contribution in [0.4, 0.5) is 0 Å². The van der Waals surface area contributed by atoms with Crippen molar-refractivity contribution in [2.75, 3.05) is 6.61 Å². The van der Waals surface area contributed by atoms with E-state index in [1.165, 1.54) is 0 Å². The summed E-state index contributed by atoms with van der Waals surface area (Å²) in [5.74, 6) is -0.0184. The van der Waals surface area contributed by atoms with Gasteiger partial charge in [0.1, 0.15) is 5.75 Å². The van der Waals surface area contributed by atoms with Crippen molar-refractivity contribution in [3.05, 3.63) is 59.8 Å². The molecule has 0 bridgehead atoms. The van der Waals surface area contributed by atoms with E-state index in [0.29, 0.717) is 17.9 Å². The lowest BCUT2D eigenvalue weighted by Crippen LogP contribution is -2.04. The van der Waals surface area contributed by atoms with Gasteiger partial charge in [0.15, 0.2) is 0 Å². The first-order valence-corrected chi connectivity index (χ1v) is 7.18. The SMILES string of the molecule is CCOC(=O)c1ccc(-n2ccc3cc(O)c(C)cc32)cc1. The smallest absolute Gasteiger partial charge is 0.338 e. The molecule has 1 N–H and O–H groups in total. The molecule has 0 amide bonds. The van der Waals surface area contributed by atoms with Crippen molar-refractivity contribution in [1.82, 2.24) is 4.57 Å². The number of esters is 1. The zero-order valence-corrected chi connectivity index (χ0v) is 12.5. The molecule has 4 nitrogen and oxygen atoms in total. The third-order valence-electron chi connectivity index (χ3n) is 3.66. The standard InChI is InChI=1S/C18H17NO3/c1-3-22-18(21)13-4-6-15(7-5-13)19-9-8-14-11-17(20)12(2)10-16(14)19/h4-11,20H,3H2,1-2H3. The number of nitrogens with zero attached hydrogens (tertiary/aromatic N) is 1. The Bertz CT molecular complexity index is 831. The molecule has 0 aliphatic heterocycles. The van der Waals surface area contributed by atoms with E-state index in [-0.39, 0.29) is 5.97 Å². The molecule has 0 radical (unpaired) electrons. The number of hydrogen-bond acceptors (Lipinski definition) is 3. The normalized spacial score (nSPS) is 10.8. The molecule has 0 saturated heterocycles. The zero-order chi connectivity index (χ0) is 15.7. The minimum absolute atomic E-state index is 0.294. The number of phenolic OH excluding ortho intramolecular Hbond substituents is 1.